The molecule has 31 heavy (non-hydrogen) atoms. The molecule has 3 aromatic rings. The number of benzene rings is 2. The van der Waals surface area contributed by atoms with Gasteiger partial charge in [-0.05, 0) is 48.9 Å². The van der Waals surface area contributed by atoms with E-state index < -0.39 is 0 Å². The molecular weight excluding hydrogens is 435 g/mol. The van der Waals surface area contributed by atoms with E-state index >= 15 is 0 Å². The monoisotopic (exact) mass is 456 g/mol. The highest BCUT2D eigenvalue weighted by Gasteiger charge is 2.11. The summed E-state index contributed by atoms with van der Waals surface area (Å²) in [7, 11) is 3.35. The van der Waals surface area contributed by atoms with Gasteiger partial charge in [0.1, 0.15) is 11.6 Å². The molecule has 0 bridgehead atoms. The lowest BCUT2D eigenvalue weighted by atomic mass is 10.1. The molecule has 0 saturated carbocycles. The summed E-state index contributed by atoms with van der Waals surface area (Å²) in [5, 5.41) is 9.84. The number of ether oxygens (including phenoxy) is 1. The maximum atomic E-state index is 12.5. The molecule has 0 unspecified atom stereocenters. The van der Waals surface area contributed by atoms with Gasteiger partial charge >= 0.3 is 0 Å². The van der Waals surface area contributed by atoms with E-state index in [0.717, 1.165) is 16.8 Å². The molecule has 0 radical (unpaired) electrons. The average Bonchev–Trinajstić information content (AvgIpc) is 2.76. The van der Waals surface area contributed by atoms with Gasteiger partial charge in [0, 0.05) is 24.9 Å². The number of para-hydroxylation sites is 1. The van der Waals surface area contributed by atoms with Crippen molar-refractivity contribution in [3.63, 3.8) is 0 Å². The molecule has 3 rings (SSSR count). The number of hydrogen-bond donors (Lipinski definition) is 3. The van der Waals surface area contributed by atoms with E-state index in [4.69, 9.17) is 27.9 Å². The number of anilines is 4. The SMILES string of the molecule is CNc1cc(Cl)c(Cl)cc1NC(=O)/C=C/c1cccnc1Nc1c(C)cccc1OC. The van der Waals surface area contributed by atoms with E-state index in [2.05, 4.69) is 20.9 Å². The lowest BCUT2D eigenvalue weighted by molar-refractivity contribution is -0.111. The van der Waals surface area contributed by atoms with Crippen molar-refractivity contribution in [1.29, 1.82) is 0 Å². The number of nitrogens with zero attached hydrogens (tertiary/aromatic N) is 1. The fourth-order valence-electron chi connectivity index (χ4n) is 2.94. The second kappa shape index (κ2) is 10.2. The van der Waals surface area contributed by atoms with E-state index in [-0.39, 0.29) is 5.91 Å². The minimum Gasteiger partial charge on any atom is -0.495 e. The molecule has 2 aromatic carbocycles. The maximum absolute atomic E-state index is 12.5. The van der Waals surface area contributed by atoms with Crippen LogP contribution in [-0.2, 0) is 4.79 Å². The van der Waals surface area contributed by atoms with Gasteiger partial charge in [-0.3, -0.25) is 4.79 Å². The predicted molar refractivity (Wildman–Crippen MR) is 129 cm³/mol. The molecule has 0 aliphatic heterocycles. The van der Waals surface area contributed by atoms with E-state index in [1.807, 2.05) is 31.2 Å². The fraction of sp³-hybridized carbons (Fsp3) is 0.130. The number of aromatic nitrogens is 1. The number of amides is 1. The Morgan fingerprint density at radius 3 is 2.55 bits per heavy atom. The number of aryl methyl sites for hydroxylation is 1. The molecule has 3 N–H and O–H groups in total. The number of hydrogen-bond acceptors (Lipinski definition) is 5. The normalized spacial score (nSPS) is 10.7. The molecule has 6 nitrogen and oxygen atoms in total. The van der Waals surface area contributed by atoms with Gasteiger partial charge in [-0.1, -0.05) is 35.3 Å². The lowest BCUT2D eigenvalue weighted by Gasteiger charge is -2.14. The van der Waals surface area contributed by atoms with Crippen molar-refractivity contribution in [2.24, 2.45) is 0 Å². The summed E-state index contributed by atoms with van der Waals surface area (Å²) >= 11 is 12.1. The van der Waals surface area contributed by atoms with Crippen LogP contribution in [-0.4, -0.2) is 25.0 Å². The summed E-state index contributed by atoms with van der Waals surface area (Å²) in [6.45, 7) is 1.98. The lowest BCUT2D eigenvalue weighted by Crippen LogP contribution is -2.10. The van der Waals surface area contributed by atoms with E-state index in [9.17, 15) is 4.79 Å². The Labute approximate surface area is 191 Å². The summed E-state index contributed by atoms with van der Waals surface area (Å²) < 4.78 is 5.44. The van der Waals surface area contributed by atoms with Crippen LogP contribution in [0, 0.1) is 6.92 Å². The van der Waals surface area contributed by atoms with Gasteiger partial charge in [0.25, 0.3) is 0 Å². The van der Waals surface area contributed by atoms with Gasteiger partial charge in [-0.15, -0.1) is 0 Å². The summed E-state index contributed by atoms with van der Waals surface area (Å²) in [6, 6.07) is 12.7. The third-order valence-corrected chi connectivity index (χ3v) is 5.26. The number of halogens is 2. The molecule has 1 heterocycles. The first-order valence-electron chi connectivity index (χ1n) is 9.44. The van der Waals surface area contributed by atoms with Crippen molar-refractivity contribution in [3.8, 4) is 5.75 Å². The second-order valence-corrected chi connectivity index (χ2v) is 7.42. The first-order valence-corrected chi connectivity index (χ1v) is 10.2. The van der Waals surface area contributed by atoms with Crippen LogP contribution in [0.5, 0.6) is 5.75 Å². The first-order chi connectivity index (χ1) is 14.9. The van der Waals surface area contributed by atoms with Crippen LogP contribution in [0.3, 0.4) is 0 Å². The van der Waals surface area contributed by atoms with Crippen molar-refractivity contribution >= 4 is 58.1 Å². The zero-order valence-corrected chi connectivity index (χ0v) is 18.8. The van der Waals surface area contributed by atoms with Gasteiger partial charge in [0.15, 0.2) is 0 Å². The van der Waals surface area contributed by atoms with Gasteiger partial charge in [0.2, 0.25) is 5.91 Å². The van der Waals surface area contributed by atoms with Crippen LogP contribution in [0.4, 0.5) is 22.9 Å². The van der Waals surface area contributed by atoms with Gasteiger partial charge in [0.05, 0.1) is 34.2 Å². The Morgan fingerprint density at radius 1 is 1.10 bits per heavy atom. The first kappa shape index (κ1) is 22.5. The Kier molecular flexibility index (Phi) is 7.39. The third kappa shape index (κ3) is 5.48. The van der Waals surface area contributed by atoms with Crippen molar-refractivity contribution in [2.75, 3.05) is 30.1 Å². The predicted octanol–water partition coefficient (Wildman–Crippen LogP) is 6.14. The molecule has 160 valence electrons. The highest BCUT2D eigenvalue weighted by atomic mass is 35.5. The zero-order valence-electron chi connectivity index (χ0n) is 17.3. The molecule has 0 atom stereocenters. The van der Waals surface area contributed by atoms with Crippen LogP contribution in [0.15, 0.2) is 54.7 Å². The minimum atomic E-state index is -0.321. The Hall–Kier alpha value is -3.22. The van der Waals surface area contributed by atoms with Crippen LogP contribution >= 0.6 is 23.2 Å². The topological polar surface area (TPSA) is 75.3 Å². The van der Waals surface area contributed by atoms with Crippen molar-refractivity contribution < 1.29 is 9.53 Å². The summed E-state index contributed by atoms with van der Waals surface area (Å²) in [5.41, 5.74) is 3.76. The zero-order chi connectivity index (χ0) is 22.4. The fourth-order valence-corrected chi connectivity index (χ4v) is 3.27. The molecule has 0 spiro atoms. The van der Waals surface area contributed by atoms with E-state index in [1.54, 1.807) is 44.6 Å². The Morgan fingerprint density at radius 2 is 1.84 bits per heavy atom. The molecular formula is C23H22Cl2N4O2. The Balaban J connectivity index is 1.82. The smallest absolute Gasteiger partial charge is 0.248 e. The van der Waals surface area contributed by atoms with Crippen LogP contribution < -0.4 is 20.7 Å². The van der Waals surface area contributed by atoms with Crippen LogP contribution in [0.1, 0.15) is 11.1 Å². The molecule has 0 aliphatic carbocycles. The largest absolute Gasteiger partial charge is 0.495 e. The molecule has 8 heteroatoms. The van der Waals surface area contributed by atoms with Gasteiger partial charge in [-0.25, -0.2) is 4.98 Å². The number of pyridine rings is 1. The maximum Gasteiger partial charge on any atom is 0.248 e. The number of rotatable bonds is 7. The average molecular weight is 457 g/mol. The van der Waals surface area contributed by atoms with Crippen molar-refractivity contribution in [3.05, 3.63) is 75.9 Å². The number of carbonyl (C=O) groups is 1. The number of methoxy groups -OCH3 is 1. The van der Waals surface area contributed by atoms with Gasteiger partial charge < -0.3 is 20.7 Å². The third-order valence-electron chi connectivity index (χ3n) is 4.54. The van der Waals surface area contributed by atoms with E-state index in [1.165, 1.54) is 6.08 Å². The minimum absolute atomic E-state index is 0.321. The van der Waals surface area contributed by atoms with Crippen molar-refractivity contribution in [1.82, 2.24) is 4.98 Å². The molecule has 1 amide bonds. The van der Waals surface area contributed by atoms with Crippen LogP contribution in [0.2, 0.25) is 10.0 Å². The molecule has 0 saturated heterocycles. The van der Waals surface area contributed by atoms with Crippen molar-refractivity contribution in [2.45, 2.75) is 6.92 Å². The van der Waals surface area contributed by atoms with Gasteiger partial charge in [-0.2, -0.15) is 0 Å². The second-order valence-electron chi connectivity index (χ2n) is 6.60. The molecule has 0 aliphatic rings. The standard InChI is InChI=1S/C23H22Cl2N4O2/c1-14-6-4-8-20(31-3)22(14)29-23-15(7-5-11-27-23)9-10-21(30)28-19-13-17(25)16(24)12-18(19)26-2/h4-13,26H,1-3H3,(H,27,29)(H,28,30)/b10-9+. The molecule has 1 aromatic heterocycles. The number of carbonyl (C=O) groups excluding carboxylic acids is 1. The van der Waals surface area contributed by atoms with E-state index in [0.29, 0.717) is 33.0 Å². The summed E-state index contributed by atoms with van der Waals surface area (Å²) in [5.74, 6) is 0.986. The van der Waals surface area contributed by atoms with Crippen LogP contribution in [0.25, 0.3) is 6.08 Å². The molecule has 0 fully saturated rings. The highest BCUT2D eigenvalue weighted by Crippen LogP contribution is 2.33. The highest BCUT2D eigenvalue weighted by molar-refractivity contribution is 6.42. The summed E-state index contributed by atoms with van der Waals surface area (Å²) in [4.78, 5) is 16.9. The summed E-state index contributed by atoms with van der Waals surface area (Å²) in [6.07, 6.45) is 4.80. The Bertz CT molecular complexity index is 1130. The number of nitrogens with one attached hydrogen (secondary N) is 3. The quantitative estimate of drug-likeness (QED) is 0.372.